The molecule has 3 rings (SSSR count). The normalized spacial score (nSPS) is 23.4. The van der Waals surface area contributed by atoms with Crippen LogP contribution in [0.25, 0.3) is 0 Å². The quantitative estimate of drug-likeness (QED) is 0.758. The van der Waals surface area contributed by atoms with E-state index in [1.54, 1.807) is 18.2 Å². The standard InChI is InChI=1S/C19H22N4O4/c1-2-3-12-10-18(26)21-15-11-13(4-5-14(12)15)20-16(24)6-8-23-9-7-17(25)22-19(23)27/h4-5,10-11,14H,2-3,6-9H2,1H3,(H,21,26)(H,22,25,27). The van der Waals surface area contributed by atoms with E-state index in [-0.39, 0.29) is 43.0 Å². The molecule has 0 bridgehead atoms. The van der Waals surface area contributed by atoms with Crippen LogP contribution in [0.4, 0.5) is 4.79 Å². The fourth-order valence-electron chi connectivity index (χ4n) is 3.30. The number of imide groups is 1. The number of hydrogen-bond donors (Lipinski definition) is 2. The highest BCUT2D eigenvalue weighted by Gasteiger charge is 2.26. The number of carbonyl (C=O) groups is 4. The van der Waals surface area contributed by atoms with E-state index in [2.05, 4.69) is 22.5 Å². The predicted molar refractivity (Wildman–Crippen MR) is 98.6 cm³/mol. The Kier molecular flexibility index (Phi) is 5.63. The van der Waals surface area contributed by atoms with Crippen molar-refractivity contribution >= 4 is 29.5 Å². The van der Waals surface area contributed by atoms with Crippen molar-refractivity contribution in [3.05, 3.63) is 35.6 Å². The number of carbonyl (C=O) groups excluding carboxylic acids is 4. The van der Waals surface area contributed by atoms with Crippen LogP contribution in [0.2, 0.25) is 0 Å². The van der Waals surface area contributed by atoms with Crippen LogP contribution in [0.1, 0.15) is 32.6 Å². The Morgan fingerprint density at radius 2 is 2.07 bits per heavy atom. The largest absolute Gasteiger partial charge is 0.325 e. The van der Waals surface area contributed by atoms with E-state index in [0.717, 1.165) is 24.1 Å². The molecule has 0 aromatic carbocycles. The van der Waals surface area contributed by atoms with Gasteiger partial charge >= 0.3 is 6.03 Å². The first-order chi connectivity index (χ1) is 13.0. The van der Waals surface area contributed by atoms with Gasteiger partial charge < -0.3 is 10.2 Å². The molecular weight excluding hydrogens is 348 g/mol. The summed E-state index contributed by atoms with van der Waals surface area (Å²) in [5.41, 5.74) is 2.26. The smallest absolute Gasteiger partial charge is 0.324 e. The molecule has 27 heavy (non-hydrogen) atoms. The SMILES string of the molecule is CCCC1=CC(=O)NC2=CC(=NC(=O)CCN3CCC(=O)NC3=O)C=CC12. The molecule has 5 amide bonds. The van der Waals surface area contributed by atoms with Gasteiger partial charge in [0.25, 0.3) is 0 Å². The molecule has 1 fully saturated rings. The van der Waals surface area contributed by atoms with Crippen LogP contribution in [0.3, 0.4) is 0 Å². The molecule has 1 unspecified atom stereocenters. The number of allylic oxidation sites excluding steroid dienone is 3. The molecule has 0 aromatic heterocycles. The van der Waals surface area contributed by atoms with E-state index in [0.29, 0.717) is 12.3 Å². The molecule has 1 atom stereocenters. The summed E-state index contributed by atoms with van der Waals surface area (Å²) in [5, 5.41) is 5.03. The third-order valence-corrected chi connectivity index (χ3v) is 4.61. The van der Waals surface area contributed by atoms with Crippen LogP contribution in [-0.2, 0) is 14.4 Å². The highest BCUT2D eigenvalue weighted by Crippen LogP contribution is 2.29. The minimum Gasteiger partial charge on any atom is -0.325 e. The summed E-state index contributed by atoms with van der Waals surface area (Å²) in [6.07, 6.45) is 9.16. The Bertz CT molecular complexity index is 807. The van der Waals surface area contributed by atoms with Crippen molar-refractivity contribution in [2.24, 2.45) is 10.9 Å². The summed E-state index contributed by atoms with van der Waals surface area (Å²) in [5.74, 6) is -0.803. The molecule has 1 aliphatic carbocycles. The van der Waals surface area contributed by atoms with Gasteiger partial charge in [-0.1, -0.05) is 25.0 Å². The van der Waals surface area contributed by atoms with E-state index < -0.39 is 6.03 Å². The Hall–Kier alpha value is -3.03. The maximum atomic E-state index is 12.1. The lowest BCUT2D eigenvalue weighted by molar-refractivity contribution is -0.121. The fraction of sp³-hybridized carbons (Fsp3) is 0.421. The first-order valence-electron chi connectivity index (χ1n) is 9.07. The molecule has 8 nitrogen and oxygen atoms in total. The number of rotatable bonds is 5. The van der Waals surface area contributed by atoms with Crippen LogP contribution in [-0.4, -0.2) is 47.5 Å². The van der Waals surface area contributed by atoms with Gasteiger partial charge in [-0.3, -0.25) is 19.7 Å². The first-order valence-corrected chi connectivity index (χ1v) is 9.07. The van der Waals surface area contributed by atoms with Gasteiger partial charge in [0.15, 0.2) is 0 Å². The van der Waals surface area contributed by atoms with Gasteiger partial charge in [-0.05, 0) is 18.6 Å². The van der Waals surface area contributed by atoms with Crippen molar-refractivity contribution < 1.29 is 19.2 Å². The number of fused-ring (bicyclic) bond motifs is 1. The molecule has 8 heteroatoms. The van der Waals surface area contributed by atoms with Crippen molar-refractivity contribution in [3.8, 4) is 0 Å². The lowest BCUT2D eigenvalue weighted by atomic mass is 9.85. The average molecular weight is 370 g/mol. The van der Waals surface area contributed by atoms with Crippen molar-refractivity contribution in [1.82, 2.24) is 15.5 Å². The van der Waals surface area contributed by atoms with Gasteiger partial charge in [0.1, 0.15) is 0 Å². The summed E-state index contributed by atoms with van der Waals surface area (Å²) < 4.78 is 0. The van der Waals surface area contributed by atoms with Crippen molar-refractivity contribution in [3.63, 3.8) is 0 Å². The maximum absolute atomic E-state index is 12.1. The molecule has 0 aromatic rings. The molecule has 2 aliphatic heterocycles. The van der Waals surface area contributed by atoms with Crippen LogP contribution in [0, 0.1) is 5.92 Å². The minimum atomic E-state index is -0.477. The number of aliphatic imine (C=N–C) groups is 1. The van der Waals surface area contributed by atoms with E-state index in [9.17, 15) is 19.2 Å². The van der Waals surface area contributed by atoms with Gasteiger partial charge in [-0.25, -0.2) is 9.79 Å². The maximum Gasteiger partial charge on any atom is 0.324 e. The number of nitrogens with one attached hydrogen (secondary N) is 2. The number of urea groups is 1. The molecule has 142 valence electrons. The lowest BCUT2D eigenvalue weighted by Crippen LogP contribution is -2.49. The van der Waals surface area contributed by atoms with Crippen LogP contribution >= 0.6 is 0 Å². The summed E-state index contributed by atoms with van der Waals surface area (Å²) in [6, 6.07) is -0.477. The van der Waals surface area contributed by atoms with Crippen molar-refractivity contribution in [2.45, 2.75) is 32.6 Å². The molecule has 3 aliphatic rings. The molecule has 0 spiro atoms. The third kappa shape index (κ3) is 4.58. The highest BCUT2D eigenvalue weighted by molar-refractivity contribution is 6.11. The lowest BCUT2D eigenvalue weighted by Gasteiger charge is -2.27. The Labute approximate surface area is 157 Å². The fourth-order valence-corrected chi connectivity index (χ4v) is 3.30. The zero-order valence-electron chi connectivity index (χ0n) is 15.2. The Morgan fingerprint density at radius 3 is 2.81 bits per heavy atom. The monoisotopic (exact) mass is 370 g/mol. The van der Waals surface area contributed by atoms with E-state index in [1.165, 1.54) is 4.90 Å². The summed E-state index contributed by atoms with van der Waals surface area (Å²) in [7, 11) is 0. The van der Waals surface area contributed by atoms with Crippen LogP contribution < -0.4 is 10.6 Å². The van der Waals surface area contributed by atoms with E-state index >= 15 is 0 Å². The van der Waals surface area contributed by atoms with E-state index in [4.69, 9.17) is 0 Å². The zero-order chi connectivity index (χ0) is 19.4. The molecular formula is C19H22N4O4. The predicted octanol–water partition coefficient (Wildman–Crippen LogP) is 1.21. The third-order valence-electron chi connectivity index (χ3n) is 4.61. The molecule has 2 heterocycles. The van der Waals surface area contributed by atoms with Crippen LogP contribution in [0.5, 0.6) is 0 Å². The number of amides is 5. The van der Waals surface area contributed by atoms with Gasteiger partial charge in [-0.15, -0.1) is 0 Å². The summed E-state index contributed by atoms with van der Waals surface area (Å²) in [4.78, 5) is 52.3. The highest BCUT2D eigenvalue weighted by atomic mass is 16.2. The molecule has 2 N–H and O–H groups in total. The summed E-state index contributed by atoms with van der Waals surface area (Å²) >= 11 is 0. The second-order valence-corrected chi connectivity index (χ2v) is 6.67. The Balaban J connectivity index is 1.61. The van der Waals surface area contributed by atoms with Gasteiger partial charge in [0.2, 0.25) is 17.7 Å². The van der Waals surface area contributed by atoms with Gasteiger partial charge in [0.05, 0.1) is 5.71 Å². The van der Waals surface area contributed by atoms with Crippen molar-refractivity contribution in [2.75, 3.05) is 13.1 Å². The zero-order valence-corrected chi connectivity index (χ0v) is 15.2. The van der Waals surface area contributed by atoms with E-state index in [1.807, 2.05) is 6.08 Å². The molecule has 1 saturated heterocycles. The second kappa shape index (κ2) is 8.11. The van der Waals surface area contributed by atoms with Gasteiger partial charge in [0, 0.05) is 43.6 Å². The molecule has 0 radical (unpaired) electrons. The second-order valence-electron chi connectivity index (χ2n) is 6.67. The van der Waals surface area contributed by atoms with Crippen LogP contribution in [0.15, 0.2) is 40.6 Å². The van der Waals surface area contributed by atoms with Gasteiger partial charge in [-0.2, -0.15) is 0 Å². The topological polar surface area (TPSA) is 108 Å². The Morgan fingerprint density at radius 1 is 1.26 bits per heavy atom. The van der Waals surface area contributed by atoms with Crippen molar-refractivity contribution in [1.29, 1.82) is 0 Å². The number of nitrogens with zero attached hydrogens (tertiary/aromatic N) is 2. The average Bonchev–Trinajstić information content (AvgIpc) is 2.61. The number of hydrogen-bond acceptors (Lipinski definition) is 4. The molecule has 0 saturated carbocycles. The summed E-state index contributed by atoms with van der Waals surface area (Å²) in [6.45, 7) is 2.57. The minimum absolute atomic E-state index is 0.0197. The first kappa shape index (κ1) is 18.8.